The average Bonchev–Trinajstić information content (AvgIpc) is 2.98. The highest BCUT2D eigenvalue weighted by Crippen LogP contribution is 2.29. The van der Waals surface area contributed by atoms with Gasteiger partial charge in [-0.3, -0.25) is 0 Å². The Labute approximate surface area is 268 Å². The number of ether oxygens (including phenoxy) is 2. The van der Waals surface area contributed by atoms with Crippen LogP contribution in [-0.4, -0.2) is 13.2 Å². The lowest BCUT2D eigenvalue weighted by Crippen LogP contribution is -2.11. The molecule has 0 saturated carbocycles. The predicted molar refractivity (Wildman–Crippen MR) is 186 cm³/mol. The van der Waals surface area contributed by atoms with E-state index in [4.69, 9.17) is 9.47 Å². The molecule has 0 spiro atoms. The number of hydrogen-bond donors (Lipinski definition) is 0. The van der Waals surface area contributed by atoms with Crippen LogP contribution in [0.4, 0.5) is 0 Å². The third-order valence-electron chi connectivity index (χ3n) is 8.31. The maximum Gasteiger partial charge on any atom is 0.134 e. The molecule has 0 atom stereocenters. The zero-order valence-corrected chi connectivity index (χ0v) is 28.1. The molecule has 0 saturated heterocycles. The molecule has 2 aliphatic rings. The molecule has 3 aromatic carbocycles. The molecule has 2 bridgehead atoms. The molecule has 0 radical (unpaired) electrons. The Morgan fingerprint density at radius 2 is 0.773 bits per heavy atom. The summed E-state index contributed by atoms with van der Waals surface area (Å²) in [6.45, 7) is 14.9. The minimum Gasteiger partial charge on any atom is -0.492 e. The molecule has 5 rings (SSSR count). The molecule has 2 nitrogen and oxygen atoms in total. The van der Waals surface area contributed by atoms with Crippen LogP contribution in [-0.2, 0) is 10.8 Å². The molecule has 0 aromatic heterocycles. The highest BCUT2D eigenvalue weighted by Gasteiger charge is 2.17. The molecular formula is C42H52O2. The summed E-state index contributed by atoms with van der Waals surface area (Å²) < 4.78 is 12.5. The monoisotopic (exact) mass is 588 g/mol. The van der Waals surface area contributed by atoms with Crippen LogP contribution < -0.4 is 9.47 Å². The summed E-state index contributed by atoms with van der Waals surface area (Å²) in [5, 5.41) is 0. The van der Waals surface area contributed by atoms with Gasteiger partial charge < -0.3 is 9.47 Å². The lowest BCUT2D eigenvalue weighted by Gasteiger charge is -2.20. The van der Waals surface area contributed by atoms with Gasteiger partial charge in [-0.05, 0) is 83.3 Å². The van der Waals surface area contributed by atoms with E-state index in [1.165, 1.54) is 62.5 Å². The highest BCUT2D eigenvalue weighted by molar-refractivity contribution is 5.55. The fourth-order valence-electron chi connectivity index (χ4n) is 5.34. The first kappa shape index (κ1) is 33.3. The number of hydrogen-bond acceptors (Lipinski definition) is 2. The van der Waals surface area contributed by atoms with Crippen LogP contribution >= 0.6 is 0 Å². The van der Waals surface area contributed by atoms with Crippen molar-refractivity contribution in [2.24, 2.45) is 0 Å². The van der Waals surface area contributed by atoms with E-state index >= 15 is 0 Å². The van der Waals surface area contributed by atoms with Crippen LogP contribution in [0.1, 0.15) is 139 Å². The molecule has 2 heterocycles. The molecule has 0 unspecified atom stereocenters. The normalized spacial score (nSPS) is 15.7. The summed E-state index contributed by atoms with van der Waals surface area (Å²) in [5.74, 6) is 15.3. The SMILES string of the molecule is CC(C)(C)c1ccc2c(c1)C#Cc1ccc(cc1)C#Cc1cc(C(C)(C)C)ccc1OCCCCCCCCCCCCO2. The summed E-state index contributed by atoms with van der Waals surface area (Å²) >= 11 is 0. The number of fused-ring (bicyclic) bond motifs is 15. The van der Waals surface area contributed by atoms with Gasteiger partial charge in [0.05, 0.1) is 24.3 Å². The second-order valence-electron chi connectivity index (χ2n) is 14.2. The average molecular weight is 589 g/mol. The second-order valence-corrected chi connectivity index (χ2v) is 14.2. The van der Waals surface area contributed by atoms with Crippen molar-refractivity contribution in [1.29, 1.82) is 0 Å². The van der Waals surface area contributed by atoms with Gasteiger partial charge in [0.15, 0.2) is 0 Å². The van der Waals surface area contributed by atoms with Gasteiger partial charge in [-0.1, -0.05) is 129 Å². The zero-order valence-electron chi connectivity index (χ0n) is 28.1. The number of rotatable bonds is 0. The Morgan fingerprint density at radius 1 is 0.432 bits per heavy atom. The predicted octanol–water partition coefficient (Wildman–Crippen LogP) is 10.8. The van der Waals surface area contributed by atoms with Crippen LogP contribution in [0.2, 0.25) is 0 Å². The van der Waals surface area contributed by atoms with Crippen molar-refractivity contribution in [2.75, 3.05) is 13.2 Å². The lowest BCUT2D eigenvalue weighted by atomic mass is 9.86. The summed E-state index contributed by atoms with van der Waals surface area (Å²) in [4.78, 5) is 0. The second kappa shape index (κ2) is 15.9. The van der Waals surface area contributed by atoms with Gasteiger partial charge >= 0.3 is 0 Å². The third-order valence-corrected chi connectivity index (χ3v) is 8.31. The topological polar surface area (TPSA) is 18.5 Å². The highest BCUT2D eigenvalue weighted by atomic mass is 16.5. The maximum absolute atomic E-state index is 6.27. The fourth-order valence-corrected chi connectivity index (χ4v) is 5.34. The summed E-state index contributed by atoms with van der Waals surface area (Å²) in [5.41, 5.74) is 6.45. The minimum absolute atomic E-state index is 0.0468. The quantitative estimate of drug-likeness (QED) is 0.243. The van der Waals surface area contributed by atoms with Gasteiger partial charge in [0.1, 0.15) is 11.5 Å². The van der Waals surface area contributed by atoms with E-state index in [9.17, 15) is 0 Å². The van der Waals surface area contributed by atoms with E-state index in [-0.39, 0.29) is 10.8 Å². The van der Waals surface area contributed by atoms with E-state index in [0.717, 1.165) is 59.8 Å². The van der Waals surface area contributed by atoms with Crippen LogP contribution in [0.25, 0.3) is 0 Å². The maximum atomic E-state index is 6.27. The van der Waals surface area contributed by atoms with Gasteiger partial charge in [0, 0.05) is 11.1 Å². The van der Waals surface area contributed by atoms with Crippen molar-refractivity contribution < 1.29 is 9.47 Å². The van der Waals surface area contributed by atoms with Crippen LogP contribution in [0.5, 0.6) is 11.5 Å². The molecule has 0 aliphatic carbocycles. The first-order chi connectivity index (χ1) is 21.1. The van der Waals surface area contributed by atoms with Gasteiger partial charge in [-0.25, -0.2) is 0 Å². The Kier molecular flexibility index (Phi) is 12.0. The molecule has 0 N–H and O–H groups in total. The Balaban J connectivity index is 1.61. The fraction of sp³-hybridized carbons (Fsp3) is 0.476. The van der Waals surface area contributed by atoms with Crippen molar-refractivity contribution in [2.45, 2.75) is 117 Å². The van der Waals surface area contributed by atoms with Gasteiger partial charge in [-0.2, -0.15) is 0 Å². The smallest absolute Gasteiger partial charge is 0.134 e. The first-order valence-corrected chi connectivity index (χ1v) is 16.8. The molecule has 0 amide bonds. The van der Waals surface area contributed by atoms with E-state index in [1.54, 1.807) is 0 Å². The number of benzene rings is 3. The molecule has 0 fully saturated rings. The lowest BCUT2D eigenvalue weighted by molar-refractivity contribution is 0.302. The molecule has 44 heavy (non-hydrogen) atoms. The van der Waals surface area contributed by atoms with Gasteiger partial charge in [0.25, 0.3) is 0 Å². The first-order valence-electron chi connectivity index (χ1n) is 16.8. The van der Waals surface area contributed by atoms with Crippen molar-refractivity contribution in [3.8, 4) is 35.2 Å². The Morgan fingerprint density at radius 3 is 1.11 bits per heavy atom. The van der Waals surface area contributed by atoms with E-state index in [1.807, 2.05) is 0 Å². The van der Waals surface area contributed by atoms with E-state index < -0.39 is 0 Å². The van der Waals surface area contributed by atoms with Gasteiger partial charge in [0.2, 0.25) is 0 Å². The van der Waals surface area contributed by atoms with Crippen LogP contribution in [0, 0.1) is 23.7 Å². The summed E-state index contributed by atoms with van der Waals surface area (Å²) in [6, 6.07) is 21.2. The minimum atomic E-state index is 0.0468. The largest absolute Gasteiger partial charge is 0.492 e. The third kappa shape index (κ3) is 10.5. The van der Waals surface area contributed by atoms with Crippen LogP contribution in [0.15, 0.2) is 60.7 Å². The van der Waals surface area contributed by atoms with Crippen molar-refractivity contribution in [1.82, 2.24) is 0 Å². The van der Waals surface area contributed by atoms with E-state index in [0.29, 0.717) is 0 Å². The molecule has 3 aromatic rings. The van der Waals surface area contributed by atoms with Crippen LogP contribution in [0.3, 0.4) is 0 Å². The standard InChI is InChI=1S/C42H52O2/c1-41(2,3)37-25-27-39-35(31-37)23-21-33-17-19-34(20-18-33)22-24-36-32-38(42(4,5)6)26-28-40(36)44-30-16-14-12-10-8-7-9-11-13-15-29-43-39/h17-20,25-28,31-32H,7-16,29-30H2,1-6H3. The Hall–Kier alpha value is -3.62. The molecular weight excluding hydrogens is 536 g/mol. The molecule has 2 aliphatic heterocycles. The summed E-state index contributed by atoms with van der Waals surface area (Å²) in [7, 11) is 0. The zero-order chi connectivity index (χ0) is 31.4. The molecule has 232 valence electrons. The van der Waals surface area contributed by atoms with Crippen molar-refractivity contribution in [3.63, 3.8) is 0 Å². The summed E-state index contributed by atoms with van der Waals surface area (Å²) in [6.07, 6.45) is 12.4. The molecule has 2 heteroatoms. The Bertz CT molecular complexity index is 1360. The van der Waals surface area contributed by atoms with Gasteiger partial charge in [-0.15, -0.1) is 0 Å². The van der Waals surface area contributed by atoms with Crippen molar-refractivity contribution >= 4 is 0 Å². The van der Waals surface area contributed by atoms with Crippen molar-refractivity contribution in [3.05, 3.63) is 94.0 Å². The van der Waals surface area contributed by atoms with E-state index in [2.05, 4.69) is 126 Å².